The lowest BCUT2D eigenvalue weighted by Crippen LogP contribution is -2.29. The highest BCUT2D eigenvalue weighted by molar-refractivity contribution is 6.46. The number of hydrogen-bond acceptors (Lipinski definition) is 4. The number of pyridine rings is 1. The topological polar surface area (TPSA) is 70.5 Å². The summed E-state index contributed by atoms with van der Waals surface area (Å²) in [6.45, 7) is 0.206. The summed E-state index contributed by atoms with van der Waals surface area (Å²) < 4.78 is 0. The first-order valence-corrected chi connectivity index (χ1v) is 10.4. The van der Waals surface area contributed by atoms with E-state index in [-0.39, 0.29) is 17.9 Å². The number of hydrogen-bond donors (Lipinski definition) is 1. The molecule has 1 aliphatic heterocycles. The third-order valence-electron chi connectivity index (χ3n) is 5.78. The molecule has 4 aromatic rings. The van der Waals surface area contributed by atoms with Crippen molar-refractivity contribution in [3.63, 3.8) is 0 Å². The molecule has 156 valence electrons. The summed E-state index contributed by atoms with van der Waals surface area (Å²) in [4.78, 5) is 32.1. The SMILES string of the molecule is O=C1C(=O)N(Cc2cccnc2)[C@H](c2cccc3ccccc23)C1=C(O)c1ccccc1. The molecule has 0 aliphatic carbocycles. The number of nitrogens with zero attached hydrogens (tertiary/aromatic N) is 2. The summed E-state index contributed by atoms with van der Waals surface area (Å²) in [5.41, 5.74) is 2.20. The Labute approximate surface area is 185 Å². The first-order valence-electron chi connectivity index (χ1n) is 10.4. The Hall–Kier alpha value is -4.25. The number of benzene rings is 3. The van der Waals surface area contributed by atoms with Crippen LogP contribution in [0.4, 0.5) is 0 Å². The smallest absolute Gasteiger partial charge is 0.295 e. The monoisotopic (exact) mass is 420 g/mol. The minimum atomic E-state index is -0.721. The van der Waals surface area contributed by atoms with Crippen LogP contribution in [-0.4, -0.2) is 26.7 Å². The van der Waals surface area contributed by atoms with Crippen LogP contribution < -0.4 is 0 Å². The van der Waals surface area contributed by atoms with Gasteiger partial charge in [-0.15, -0.1) is 0 Å². The van der Waals surface area contributed by atoms with Crippen molar-refractivity contribution in [2.24, 2.45) is 0 Å². The number of aromatic nitrogens is 1. The molecular formula is C27H20N2O3. The van der Waals surface area contributed by atoms with Gasteiger partial charge in [-0.05, 0) is 28.0 Å². The van der Waals surface area contributed by atoms with Crippen LogP contribution in [0.1, 0.15) is 22.7 Å². The number of carbonyl (C=O) groups is 2. The molecule has 5 nitrogen and oxygen atoms in total. The Balaban J connectivity index is 1.74. The summed E-state index contributed by atoms with van der Waals surface area (Å²) >= 11 is 0. The zero-order valence-corrected chi connectivity index (χ0v) is 17.2. The molecular weight excluding hydrogens is 400 g/mol. The van der Waals surface area contributed by atoms with Gasteiger partial charge in [0.15, 0.2) is 0 Å². The molecule has 1 fully saturated rings. The number of Topliss-reactive ketones (excluding diaryl/α,β-unsaturated/α-hetero) is 1. The molecule has 1 aromatic heterocycles. The molecule has 5 rings (SSSR count). The van der Waals surface area contributed by atoms with Gasteiger partial charge in [-0.1, -0.05) is 78.9 Å². The number of rotatable bonds is 4. The molecule has 1 saturated heterocycles. The van der Waals surface area contributed by atoms with Crippen molar-refractivity contribution in [1.82, 2.24) is 9.88 Å². The molecule has 0 spiro atoms. The molecule has 0 radical (unpaired) electrons. The van der Waals surface area contributed by atoms with Crippen molar-refractivity contribution in [1.29, 1.82) is 0 Å². The summed E-state index contributed by atoms with van der Waals surface area (Å²) in [5, 5.41) is 13.1. The summed E-state index contributed by atoms with van der Waals surface area (Å²) in [5.74, 6) is -1.49. The lowest BCUT2D eigenvalue weighted by atomic mass is 9.91. The van der Waals surface area contributed by atoms with Gasteiger partial charge in [-0.3, -0.25) is 14.6 Å². The van der Waals surface area contributed by atoms with E-state index in [1.807, 2.05) is 54.6 Å². The van der Waals surface area contributed by atoms with Crippen molar-refractivity contribution >= 4 is 28.2 Å². The quantitative estimate of drug-likeness (QED) is 0.291. The number of aliphatic hydroxyl groups is 1. The second-order valence-corrected chi connectivity index (χ2v) is 7.72. The minimum absolute atomic E-state index is 0.0986. The predicted molar refractivity (Wildman–Crippen MR) is 122 cm³/mol. The number of ketones is 1. The van der Waals surface area contributed by atoms with Gasteiger partial charge >= 0.3 is 0 Å². The first-order chi connectivity index (χ1) is 15.6. The van der Waals surface area contributed by atoms with Crippen LogP contribution in [0.15, 0.2) is 103 Å². The Bertz CT molecular complexity index is 1340. The molecule has 0 bridgehead atoms. The second-order valence-electron chi connectivity index (χ2n) is 7.72. The van der Waals surface area contributed by atoms with Crippen molar-refractivity contribution in [2.75, 3.05) is 0 Å². The van der Waals surface area contributed by atoms with Crippen LogP contribution in [-0.2, 0) is 16.1 Å². The number of carbonyl (C=O) groups excluding carboxylic acids is 2. The number of aliphatic hydroxyl groups excluding tert-OH is 1. The van der Waals surface area contributed by atoms with Gasteiger partial charge < -0.3 is 10.0 Å². The van der Waals surface area contributed by atoms with Crippen LogP contribution in [0.3, 0.4) is 0 Å². The standard InChI is InChI=1S/C27H20N2O3/c30-25(20-10-2-1-3-11-20)23-24(22-14-6-12-19-9-4-5-13-21(19)22)29(27(32)26(23)31)17-18-8-7-15-28-16-18/h1-16,24,30H,17H2/t24-/m1/s1. The fraction of sp³-hybridized carbons (Fsp3) is 0.0741. The van der Waals surface area contributed by atoms with E-state index in [0.29, 0.717) is 5.56 Å². The maximum Gasteiger partial charge on any atom is 0.295 e. The van der Waals surface area contributed by atoms with Crippen molar-refractivity contribution in [3.8, 4) is 0 Å². The number of amides is 1. The highest BCUT2D eigenvalue weighted by Gasteiger charge is 2.46. The highest BCUT2D eigenvalue weighted by Crippen LogP contribution is 2.42. The summed E-state index contributed by atoms with van der Waals surface area (Å²) in [6.07, 6.45) is 3.34. The Morgan fingerprint density at radius 1 is 0.875 bits per heavy atom. The van der Waals surface area contributed by atoms with E-state index in [4.69, 9.17) is 0 Å². The molecule has 2 heterocycles. The maximum atomic E-state index is 13.2. The molecule has 1 aliphatic rings. The fourth-order valence-corrected chi connectivity index (χ4v) is 4.30. The molecule has 1 amide bonds. The largest absolute Gasteiger partial charge is 0.507 e. The van der Waals surface area contributed by atoms with E-state index in [1.54, 1.807) is 42.7 Å². The van der Waals surface area contributed by atoms with Crippen LogP contribution in [0.5, 0.6) is 0 Å². The Morgan fingerprint density at radius 2 is 1.62 bits per heavy atom. The van der Waals surface area contributed by atoms with E-state index in [0.717, 1.165) is 21.9 Å². The van der Waals surface area contributed by atoms with Gasteiger partial charge in [-0.25, -0.2) is 0 Å². The molecule has 0 unspecified atom stereocenters. The van der Waals surface area contributed by atoms with Gasteiger partial charge in [0.05, 0.1) is 11.6 Å². The zero-order chi connectivity index (χ0) is 22.1. The molecule has 1 N–H and O–H groups in total. The average molecular weight is 420 g/mol. The molecule has 3 aromatic carbocycles. The second kappa shape index (κ2) is 8.12. The van der Waals surface area contributed by atoms with Gasteiger partial charge in [0, 0.05) is 24.5 Å². The van der Waals surface area contributed by atoms with Crippen molar-refractivity contribution in [2.45, 2.75) is 12.6 Å². The van der Waals surface area contributed by atoms with E-state index in [9.17, 15) is 14.7 Å². The van der Waals surface area contributed by atoms with E-state index < -0.39 is 17.7 Å². The van der Waals surface area contributed by atoms with Crippen LogP contribution in [0.2, 0.25) is 0 Å². The summed E-state index contributed by atoms with van der Waals surface area (Å²) in [7, 11) is 0. The first kappa shape index (κ1) is 19.7. The molecule has 1 atom stereocenters. The van der Waals surface area contributed by atoms with Crippen LogP contribution in [0.25, 0.3) is 16.5 Å². The Morgan fingerprint density at radius 3 is 2.41 bits per heavy atom. The lowest BCUT2D eigenvalue weighted by Gasteiger charge is -2.26. The average Bonchev–Trinajstić information content (AvgIpc) is 3.09. The number of likely N-dealkylation sites (tertiary alicyclic amines) is 1. The van der Waals surface area contributed by atoms with Gasteiger partial charge in [-0.2, -0.15) is 0 Å². The summed E-state index contributed by atoms with van der Waals surface area (Å²) in [6, 6.07) is 25.4. The lowest BCUT2D eigenvalue weighted by molar-refractivity contribution is -0.140. The number of fused-ring (bicyclic) bond motifs is 1. The minimum Gasteiger partial charge on any atom is -0.507 e. The zero-order valence-electron chi connectivity index (χ0n) is 17.2. The third kappa shape index (κ3) is 3.34. The van der Waals surface area contributed by atoms with E-state index in [2.05, 4.69) is 4.98 Å². The van der Waals surface area contributed by atoms with Crippen molar-refractivity contribution < 1.29 is 14.7 Å². The molecule has 0 saturated carbocycles. The van der Waals surface area contributed by atoms with Crippen molar-refractivity contribution in [3.05, 3.63) is 120 Å². The van der Waals surface area contributed by atoms with E-state index in [1.165, 1.54) is 4.90 Å². The van der Waals surface area contributed by atoms with Crippen LogP contribution in [0, 0.1) is 0 Å². The molecule has 5 heteroatoms. The van der Waals surface area contributed by atoms with Crippen LogP contribution >= 0.6 is 0 Å². The van der Waals surface area contributed by atoms with Gasteiger partial charge in [0.25, 0.3) is 11.7 Å². The van der Waals surface area contributed by atoms with E-state index >= 15 is 0 Å². The molecule has 32 heavy (non-hydrogen) atoms. The predicted octanol–water partition coefficient (Wildman–Crippen LogP) is 4.86. The van der Waals surface area contributed by atoms with Gasteiger partial charge in [0.2, 0.25) is 0 Å². The van der Waals surface area contributed by atoms with Gasteiger partial charge in [0.1, 0.15) is 5.76 Å². The maximum absolute atomic E-state index is 13.2. The highest BCUT2D eigenvalue weighted by atomic mass is 16.3. The third-order valence-corrected chi connectivity index (χ3v) is 5.78. The normalized spacial score (nSPS) is 17.8. The Kier molecular flexibility index (Phi) is 5.00. The fourth-order valence-electron chi connectivity index (χ4n) is 4.30.